The van der Waals surface area contributed by atoms with E-state index in [0.29, 0.717) is 19.0 Å². The number of hydrogen-bond acceptors (Lipinski definition) is 4. The molecule has 2 aromatic heterocycles. The Bertz CT molecular complexity index is 678. The Hall–Kier alpha value is -2.31. The third-order valence-corrected chi connectivity index (χ3v) is 3.88. The van der Waals surface area contributed by atoms with E-state index in [2.05, 4.69) is 32.6 Å². The van der Waals surface area contributed by atoms with Gasteiger partial charge in [0.15, 0.2) is 5.96 Å². The Morgan fingerprint density at radius 1 is 1.17 bits per heavy atom. The van der Waals surface area contributed by atoms with Crippen LogP contribution in [0.25, 0.3) is 0 Å². The van der Waals surface area contributed by atoms with Crippen molar-refractivity contribution in [2.24, 2.45) is 12.0 Å². The lowest BCUT2D eigenvalue weighted by Gasteiger charge is -2.09. The van der Waals surface area contributed by atoms with Gasteiger partial charge in [-0.1, -0.05) is 0 Å². The first-order valence-electron chi connectivity index (χ1n) is 7.86. The van der Waals surface area contributed by atoms with Crippen LogP contribution in [0, 0.1) is 27.7 Å². The molecule has 7 nitrogen and oxygen atoms in total. The van der Waals surface area contributed by atoms with Crippen LogP contribution >= 0.6 is 0 Å². The summed E-state index contributed by atoms with van der Waals surface area (Å²) in [5.74, 6) is 2.26. The first kappa shape index (κ1) is 17.1. The number of nitrogens with zero attached hydrogens (tertiary/aromatic N) is 4. The predicted molar refractivity (Wildman–Crippen MR) is 90.3 cm³/mol. The fourth-order valence-electron chi connectivity index (χ4n) is 2.32. The summed E-state index contributed by atoms with van der Waals surface area (Å²) >= 11 is 0. The second-order valence-electron chi connectivity index (χ2n) is 5.57. The lowest BCUT2D eigenvalue weighted by molar-refractivity contribution is 0.463. The molecule has 7 heteroatoms. The summed E-state index contributed by atoms with van der Waals surface area (Å²) in [7, 11) is 1.95. The highest BCUT2D eigenvalue weighted by atomic mass is 16.4. The zero-order chi connectivity index (χ0) is 17.0. The van der Waals surface area contributed by atoms with Crippen LogP contribution in [0.4, 0.5) is 0 Å². The summed E-state index contributed by atoms with van der Waals surface area (Å²) < 4.78 is 7.47. The fraction of sp³-hybridized carbons (Fsp3) is 0.562. The molecule has 126 valence electrons. The van der Waals surface area contributed by atoms with Crippen LogP contribution in [0.1, 0.15) is 41.2 Å². The van der Waals surface area contributed by atoms with Crippen LogP contribution in [0.15, 0.2) is 9.41 Å². The van der Waals surface area contributed by atoms with Crippen LogP contribution in [-0.2, 0) is 20.1 Å². The minimum atomic E-state index is 0.505. The lowest BCUT2D eigenvalue weighted by Crippen LogP contribution is -2.36. The van der Waals surface area contributed by atoms with Gasteiger partial charge >= 0.3 is 0 Å². The Morgan fingerprint density at radius 2 is 1.91 bits per heavy atom. The Morgan fingerprint density at radius 3 is 2.43 bits per heavy atom. The summed E-state index contributed by atoms with van der Waals surface area (Å²) in [6.07, 6.45) is 0. The Kier molecular flexibility index (Phi) is 5.41. The van der Waals surface area contributed by atoms with Crippen molar-refractivity contribution in [1.82, 2.24) is 25.4 Å². The highest BCUT2D eigenvalue weighted by Crippen LogP contribution is 2.13. The molecule has 0 aliphatic heterocycles. The Labute approximate surface area is 137 Å². The van der Waals surface area contributed by atoms with Gasteiger partial charge in [0.05, 0.1) is 24.5 Å². The summed E-state index contributed by atoms with van der Waals surface area (Å²) in [5.41, 5.74) is 4.24. The van der Waals surface area contributed by atoms with Gasteiger partial charge in [0.2, 0.25) is 5.89 Å². The van der Waals surface area contributed by atoms with Gasteiger partial charge in [-0.15, -0.1) is 0 Å². The van der Waals surface area contributed by atoms with Gasteiger partial charge in [-0.3, -0.25) is 4.68 Å². The molecule has 2 heterocycles. The number of nitrogens with one attached hydrogen (secondary N) is 2. The van der Waals surface area contributed by atoms with Crippen molar-refractivity contribution >= 4 is 5.96 Å². The van der Waals surface area contributed by atoms with Gasteiger partial charge < -0.3 is 15.1 Å². The smallest absolute Gasteiger partial charge is 0.214 e. The zero-order valence-corrected chi connectivity index (χ0v) is 14.8. The van der Waals surface area contributed by atoms with Crippen LogP contribution in [0.5, 0.6) is 0 Å². The Balaban J connectivity index is 2.05. The average molecular weight is 318 g/mol. The quantitative estimate of drug-likeness (QED) is 0.650. The van der Waals surface area contributed by atoms with E-state index in [1.54, 1.807) is 0 Å². The van der Waals surface area contributed by atoms with Gasteiger partial charge in [0.1, 0.15) is 5.76 Å². The van der Waals surface area contributed by atoms with E-state index >= 15 is 0 Å². The summed E-state index contributed by atoms with van der Waals surface area (Å²) in [4.78, 5) is 9.00. The monoisotopic (exact) mass is 318 g/mol. The van der Waals surface area contributed by atoms with Gasteiger partial charge in [0, 0.05) is 24.8 Å². The van der Waals surface area contributed by atoms with E-state index in [1.807, 2.05) is 39.4 Å². The number of guanidine groups is 1. The first-order valence-corrected chi connectivity index (χ1v) is 7.86. The van der Waals surface area contributed by atoms with Crippen LogP contribution in [-0.4, -0.2) is 27.3 Å². The molecule has 2 rings (SSSR count). The van der Waals surface area contributed by atoms with E-state index in [1.165, 1.54) is 0 Å². The molecule has 0 aliphatic rings. The molecule has 0 fully saturated rings. The summed E-state index contributed by atoms with van der Waals surface area (Å²) in [6, 6.07) is 0. The van der Waals surface area contributed by atoms with Crippen molar-refractivity contribution in [3.63, 3.8) is 0 Å². The summed E-state index contributed by atoms with van der Waals surface area (Å²) in [5, 5.41) is 10.9. The topological polar surface area (TPSA) is 80.3 Å². The van der Waals surface area contributed by atoms with E-state index in [-0.39, 0.29) is 0 Å². The first-order chi connectivity index (χ1) is 10.9. The van der Waals surface area contributed by atoms with Gasteiger partial charge in [-0.05, 0) is 34.6 Å². The molecule has 0 saturated heterocycles. The molecule has 0 aliphatic carbocycles. The highest BCUT2D eigenvalue weighted by molar-refractivity contribution is 5.79. The third-order valence-electron chi connectivity index (χ3n) is 3.88. The zero-order valence-electron chi connectivity index (χ0n) is 14.8. The van der Waals surface area contributed by atoms with Gasteiger partial charge in [-0.25, -0.2) is 9.98 Å². The maximum Gasteiger partial charge on any atom is 0.214 e. The molecule has 0 aromatic carbocycles. The second-order valence-corrected chi connectivity index (χ2v) is 5.57. The second kappa shape index (κ2) is 7.30. The molecule has 0 radical (unpaired) electrons. The lowest BCUT2D eigenvalue weighted by atomic mass is 10.2. The van der Waals surface area contributed by atoms with Gasteiger partial charge in [0.25, 0.3) is 0 Å². The standard InChI is InChI=1S/C16H26N6O/c1-7-17-16(19-9-15-20-10(2)13(5)23-15)18-8-14-11(3)21-22(6)12(14)4/h7-9H2,1-6H3,(H2,17,18,19). The van der Waals surface area contributed by atoms with Crippen molar-refractivity contribution in [1.29, 1.82) is 0 Å². The molecule has 0 saturated carbocycles. The van der Waals surface area contributed by atoms with Crippen molar-refractivity contribution in [3.8, 4) is 0 Å². The minimum Gasteiger partial charge on any atom is -0.444 e. The number of aliphatic imine (C=N–C) groups is 1. The maximum absolute atomic E-state index is 5.58. The predicted octanol–water partition coefficient (Wildman–Crippen LogP) is 1.90. The highest BCUT2D eigenvalue weighted by Gasteiger charge is 2.10. The van der Waals surface area contributed by atoms with Crippen LogP contribution in [0.3, 0.4) is 0 Å². The molecule has 2 aromatic rings. The average Bonchev–Trinajstić information content (AvgIpc) is 2.94. The number of hydrogen-bond donors (Lipinski definition) is 2. The van der Waals surface area contributed by atoms with E-state index < -0.39 is 0 Å². The third kappa shape index (κ3) is 4.12. The minimum absolute atomic E-state index is 0.505. The number of aromatic nitrogens is 3. The fourth-order valence-corrected chi connectivity index (χ4v) is 2.32. The maximum atomic E-state index is 5.58. The molecule has 0 spiro atoms. The normalized spacial score (nSPS) is 11.8. The number of rotatable bonds is 5. The number of oxazole rings is 1. The molecule has 0 bridgehead atoms. The molecule has 0 amide bonds. The van der Waals surface area contributed by atoms with Crippen molar-refractivity contribution in [2.75, 3.05) is 6.54 Å². The van der Waals surface area contributed by atoms with Crippen molar-refractivity contribution in [2.45, 2.75) is 47.7 Å². The largest absolute Gasteiger partial charge is 0.444 e. The molecule has 0 atom stereocenters. The molecule has 23 heavy (non-hydrogen) atoms. The van der Waals surface area contributed by atoms with E-state index in [0.717, 1.165) is 40.9 Å². The van der Waals surface area contributed by atoms with E-state index in [4.69, 9.17) is 4.42 Å². The van der Waals surface area contributed by atoms with Crippen molar-refractivity contribution < 1.29 is 4.42 Å². The summed E-state index contributed by atoms with van der Waals surface area (Å²) in [6.45, 7) is 11.8. The van der Waals surface area contributed by atoms with Crippen molar-refractivity contribution in [3.05, 3.63) is 34.3 Å². The van der Waals surface area contributed by atoms with Gasteiger partial charge in [-0.2, -0.15) is 5.10 Å². The molecule has 2 N–H and O–H groups in total. The number of aryl methyl sites for hydroxylation is 4. The van der Waals surface area contributed by atoms with Crippen LogP contribution in [0.2, 0.25) is 0 Å². The SMILES string of the molecule is CCNC(=NCc1c(C)nn(C)c1C)NCc1nc(C)c(C)o1. The molecular formula is C16H26N6O. The molecular weight excluding hydrogens is 292 g/mol. The van der Waals surface area contributed by atoms with Crippen LogP contribution < -0.4 is 10.6 Å². The van der Waals surface area contributed by atoms with E-state index in [9.17, 15) is 0 Å². The molecule has 0 unspecified atom stereocenters.